The molecule has 1 heterocycles. The van der Waals surface area contributed by atoms with Crippen LogP contribution >= 0.6 is 11.8 Å². The smallest absolute Gasteiger partial charge is 0.138 e. The maximum atomic E-state index is 4.74. The van der Waals surface area contributed by atoms with Crippen molar-refractivity contribution in [2.75, 3.05) is 6.54 Å². The topological polar surface area (TPSA) is 37.8 Å². The standard InChI is InChI=1S/C17H29N3S/c1-6-12(3)21-10-16-19-13(4)17(14(5)20-16)11(2)9-18-15-7-8-15/h11-12,15,18H,6-10H2,1-5H3. The molecule has 118 valence electrons. The zero-order chi connectivity index (χ0) is 15.4. The van der Waals surface area contributed by atoms with Crippen molar-refractivity contribution >= 4 is 11.8 Å². The first-order chi connectivity index (χ1) is 10.0. The average Bonchev–Trinajstić information content (AvgIpc) is 3.26. The van der Waals surface area contributed by atoms with Crippen LogP contribution in [0.1, 0.15) is 68.7 Å². The van der Waals surface area contributed by atoms with E-state index in [-0.39, 0.29) is 0 Å². The van der Waals surface area contributed by atoms with Crippen molar-refractivity contribution in [3.63, 3.8) is 0 Å². The summed E-state index contributed by atoms with van der Waals surface area (Å²) in [4.78, 5) is 9.49. The highest BCUT2D eigenvalue weighted by Gasteiger charge is 2.22. The molecule has 1 aromatic heterocycles. The normalized spacial score (nSPS) is 17.8. The van der Waals surface area contributed by atoms with Crippen molar-refractivity contribution in [2.24, 2.45) is 0 Å². The van der Waals surface area contributed by atoms with E-state index in [1.807, 2.05) is 11.8 Å². The molecule has 0 spiro atoms. The van der Waals surface area contributed by atoms with Gasteiger partial charge in [0, 0.05) is 29.2 Å². The molecule has 2 atom stereocenters. The second kappa shape index (κ2) is 7.59. The van der Waals surface area contributed by atoms with Gasteiger partial charge in [0.15, 0.2) is 0 Å². The van der Waals surface area contributed by atoms with Gasteiger partial charge in [-0.1, -0.05) is 20.8 Å². The third-order valence-corrected chi connectivity index (χ3v) is 5.56. The molecule has 0 bridgehead atoms. The molecule has 3 nitrogen and oxygen atoms in total. The summed E-state index contributed by atoms with van der Waals surface area (Å²) >= 11 is 1.95. The minimum atomic E-state index is 0.488. The van der Waals surface area contributed by atoms with Crippen LogP contribution in [0.2, 0.25) is 0 Å². The molecular weight excluding hydrogens is 278 g/mol. The summed E-state index contributed by atoms with van der Waals surface area (Å²) in [6.45, 7) is 12.1. The fourth-order valence-corrected chi connectivity index (χ4v) is 3.44. The fraction of sp³-hybridized carbons (Fsp3) is 0.765. The lowest BCUT2D eigenvalue weighted by Crippen LogP contribution is -2.23. The zero-order valence-corrected chi connectivity index (χ0v) is 14.9. The molecule has 4 heteroatoms. The highest BCUT2D eigenvalue weighted by molar-refractivity contribution is 7.99. The van der Waals surface area contributed by atoms with E-state index < -0.39 is 0 Å². The largest absolute Gasteiger partial charge is 0.313 e. The van der Waals surface area contributed by atoms with Gasteiger partial charge in [-0.25, -0.2) is 9.97 Å². The Morgan fingerprint density at radius 3 is 2.33 bits per heavy atom. The third kappa shape index (κ3) is 4.96. The van der Waals surface area contributed by atoms with Crippen molar-refractivity contribution in [1.29, 1.82) is 0 Å². The number of aryl methyl sites for hydroxylation is 2. The van der Waals surface area contributed by atoms with Crippen molar-refractivity contribution < 1.29 is 0 Å². The second-order valence-corrected chi connectivity index (χ2v) is 7.76. The Balaban J connectivity index is 2.01. The minimum Gasteiger partial charge on any atom is -0.313 e. The first-order valence-corrected chi connectivity index (χ1v) is 9.25. The summed E-state index contributed by atoms with van der Waals surface area (Å²) in [5.74, 6) is 2.40. The van der Waals surface area contributed by atoms with Crippen LogP contribution < -0.4 is 5.32 Å². The predicted molar refractivity (Wildman–Crippen MR) is 92.0 cm³/mol. The van der Waals surface area contributed by atoms with Gasteiger partial charge in [0.1, 0.15) is 5.82 Å². The summed E-state index contributed by atoms with van der Waals surface area (Å²) < 4.78 is 0. The van der Waals surface area contributed by atoms with Gasteiger partial charge in [-0.3, -0.25) is 0 Å². The van der Waals surface area contributed by atoms with Crippen LogP contribution in [0.15, 0.2) is 0 Å². The van der Waals surface area contributed by atoms with E-state index in [4.69, 9.17) is 9.97 Å². The lowest BCUT2D eigenvalue weighted by molar-refractivity contribution is 0.602. The van der Waals surface area contributed by atoms with Gasteiger partial charge in [0.25, 0.3) is 0 Å². The van der Waals surface area contributed by atoms with E-state index in [1.165, 1.54) is 24.8 Å². The molecule has 0 aromatic carbocycles. The van der Waals surface area contributed by atoms with Gasteiger partial charge >= 0.3 is 0 Å². The number of thioether (sulfide) groups is 1. The van der Waals surface area contributed by atoms with Crippen molar-refractivity contribution in [2.45, 2.75) is 76.8 Å². The minimum absolute atomic E-state index is 0.488. The van der Waals surface area contributed by atoms with Crippen LogP contribution in [-0.2, 0) is 5.75 Å². The highest BCUT2D eigenvalue weighted by Crippen LogP contribution is 2.25. The molecule has 0 saturated heterocycles. The lowest BCUT2D eigenvalue weighted by Gasteiger charge is -2.18. The van der Waals surface area contributed by atoms with Crippen LogP contribution in [0.5, 0.6) is 0 Å². The summed E-state index contributed by atoms with van der Waals surface area (Å²) in [7, 11) is 0. The molecule has 1 aliphatic rings. The maximum Gasteiger partial charge on any atom is 0.138 e. The molecule has 0 radical (unpaired) electrons. The Morgan fingerprint density at radius 2 is 1.81 bits per heavy atom. The first kappa shape index (κ1) is 16.8. The summed E-state index contributed by atoms with van der Waals surface area (Å²) in [5.41, 5.74) is 3.65. The Hall–Kier alpha value is -0.610. The predicted octanol–water partition coefficient (Wildman–Crippen LogP) is 3.98. The van der Waals surface area contributed by atoms with Crippen LogP contribution in [-0.4, -0.2) is 27.8 Å². The Labute approximate surface area is 133 Å². The summed E-state index contributed by atoms with van der Waals surface area (Å²) in [6, 6.07) is 0.764. The summed E-state index contributed by atoms with van der Waals surface area (Å²) in [5, 5.41) is 4.29. The molecule has 1 aliphatic carbocycles. The molecule has 1 N–H and O–H groups in total. The van der Waals surface area contributed by atoms with E-state index in [1.54, 1.807) is 0 Å². The van der Waals surface area contributed by atoms with E-state index in [0.717, 1.165) is 35.6 Å². The Morgan fingerprint density at radius 1 is 1.19 bits per heavy atom. The number of nitrogens with zero attached hydrogens (tertiary/aromatic N) is 2. The number of hydrogen-bond acceptors (Lipinski definition) is 4. The summed E-state index contributed by atoms with van der Waals surface area (Å²) in [6.07, 6.45) is 3.88. The molecule has 0 aliphatic heterocycles. The molecule has 2 rings (SSSR count). The van der Waals surface area contributed by atoms with Gasteiger partial charge in [-0.05, 0) is 44.6 Å². The molecule has 1 aromatic rings. The molecule has 1 saturated carbocycles. The van der Waals surface area contributed by atoms with E-state index >= 15 is 0 Å². The molecular formula is C17H29N3S. The Bertz CT molecular complexity index is 448. The van der Waals surface area contributed by atoms with Crippen LogP contribution in [0.4, 0.5) is 0 Å². The maximum absolute atomic E-state index is 4.74. The number of hydrogen-bond donors (Lipinski definition) is 1. The second-order valence-electron chi connectivity index (χ2n) is 6.34. The van der Waals surface area contributed by atoms with Gasteiger partial charge in [0.2, 0.25) is 0 Å². The number of aromatic nitrogens is 2. The van der Waals surface area contributed by atoms with Crippen molar-refractivity contribution in [3.05, 3.63) is 22.8 Å². The quantitative estimate of drug-likeness (QED) is 0.788. The number of nitrogens with one attached hydrogen (secondary N) is 1. The van der Waals surface area contributed by atoms with Gasteiger partial charge < -0.3 is 5.32 Å². The highest BCUT2D eigenvalue weighted by atomic mass is 32.2. The van der Waals surface area contributed by atoms with Crippen molar-refractivity contribution in [3.8, 4) is 0 Å². The molecule has 2 unspecified atom stereocenters. The van der Waals surface area contributed by atoms with Crippen LogP contribution in [0.3, 0.4) is 0 Å². The number of rotatable bonds is 8. The van der Waals surface area contributed by atoms with E-state index in [2.05, 4.69) is 39.9 Å². The van der Waals surface area contributed by atoms with E-state index in [9.17, 15) is 0 Å². The SMILES string of the molecule is CCC(C)SCc1nc(C)c(C(C)CNC2CC2)c(C)n1. The van der Waals surface area contributed by atoms with Crippen molar-refractivity contribution in [1.82, 2.24) is 15.3 Å². The van der Waals surface area contributed by atoms with Crippen LogP contribution in [0.25, 0.3) is 0 Å². The first-order valence-electron chi connectivity index (χ1n) is 8.20. The molecule has 1 fully saturated rings. The van der Waals surface area contributed by atoms with Gasteiger partial charge in [-0.15, -0.1) is 0 Å². The molecule has 0 amide bonds. The zero-order valence-electron chi connectivity index (χ0n) is 14.1. The fourth-order valence-electron chi connectivity index (χ4n) is 2.64. The van der Waals surface area contributed by atoms with Gasteiger partial charge in [0.05, 0.1) is 5.75 Å². The van der Waals surface area contributed by atoms with E-state index in [0.29, 0.717) is 11.2 Å². The lowest BCUT2D eigenvalue weighted by atomic mass is 9.98. The Kier molecular flexibility index (Phi) is 6.06. The molecule has 21 heavy (non-hydrogen) atoms. The third-order valence-electron chi connectivity index (χ3n) is 4.23. The monoisotopic (exact) mass is 307 g/mol. The average molecular weight is 308 g/mol. The van der Waals surface area contributed by atoms with Gasteiger partial charge in [-0.2, -0.15) is 11.8 Å². The van der Waals surface area contributed by atoms with Crippen LogP contribution in [0, 0.1) is 13.8 Å².